The van der Waals surface area contributed by atoms with Crippen molar-refractivity contribution in [1.82, 2.24) is 9.99 Å². The molecule has 1 heterocycles. The first-order valence-corrected chi connectivity index (χ1v) is 8.00. The van der Waals surface area contributed by atoms with Crippen molar-refractivity contribution < 1.29 is 14.3 Å². The molecule has 0 aliphatic carbocycles. The number of nitrogens with one attached hydrogen (secondary N) is 1. The molecule has 0 aliphatic heterocycles. The van der Waals surface area contributed by atoms with Crippen molar-refractivity contribution in [3.63, 3.8) is 0 Å². The first-order chi connectivity index (χ1) is 12.7. The van der Waals surface area contributed by atoms with Gasteiger partial charge in [0, 0.05) is 17.4 Å². The molecular formula is C20H19N3O3. The van der Waals surface area contributed by atoms with E-state index in [-0.39, 0.29) is 5.91 Å². The van der Waals surface area contributed by atoms with Crippen LogP contribution in [0.15, 0.2) is 72.0 Å². The quantitative estimate of drug-likeness (QED) is 0.549. The molecule has 0 spiro atoms. The lowest BCUT2D eigenvalue weighted by atomic mass is 10.2. The van der Waals surface area contributed by atoms with Crippen LogP contribution >= 0.6 is 0 Å². The normalized spacial score (nSPS) is 10.7. The summed E-state index contributed by atoms with van der Waals surface area (Å²) in [7, 11) is 3.19. The SMILES string of the molecule is COc1ccc(-n2cccc2/C=N\NC(=O)c2cccc(OC)c2)cc1. The van der Waals surface area contributed by atoms with Crippen molar-refractivity contribution in [2.75, 3.05) is 14.2 Å². The number of aromatic nitrogens is 1. The number of amides is 1. The van der Waals surface area contributed by atoms with Gasteiger partial charge in [0.25, 0.3) is 5.91 Å². The molecule has 0 atom stereocenters. The number of hydrazone groups is 1. The van der Waals surface area contributed by atoms with E-state index in [9.17, 15) is 4.79 Å². The van der Waals surface area contributed by atoms with Gasteiger partial charge in [-0.25, -0.2) is 5.43 Å². The fraction of sp³-hybridized carbons (Fsp3) is 0.100. The number of benzene rings is 2. The van der Waals surface area contributed by atoms with Gasteiger partial charge in [0.1, 0.15) is 11.5 Å². The van der Waals surface area contributed by atoms with Crippen LogP contribution in [0.3, 0.4) is 0 Å². The smallest absolute Gasteiger partial charge is 0.271 e. The van der Waals surface area contributed by atoms with Gasteiger partial charge in [-0.3, -0.25) is 4.79 Å². The third kappa shape index (κ3) is 3.92. The fourth-order valence-electron chi connectivity index (χ4n) is 2.46. The second-order valence-corrected chi connectivity index (χ2v) is 5.43. The van der Waals surface area contributed by atoms with Gasteiger partial charge in [0.2, 0.25) is 0 Å². The van der Waals surface area contributed by atoms with Crippen molar-refractivity contribution in [3.05, 3.63) is 78.1 Å². The van der Waals surface area contributed by atoms with Crippen molar-refractivity contribution in [1.29, 1.82) is 0 Å². The molecule has 0 unspecified atom stereocenters. The number of methoxy groups -OCH3 is 2. The monoisotopic (exact) mass is 349 g/mol. The molecule has 3 aromatic rings. The van der Waals surface area contributed by atoms with Crippen LogP contribution in [0.5, 0.6) is 11.5 Å². The Morgan fingerprint density at radius 1 is 1.00 bits per heavy atom. The summed E-state index contributed by atoms with van der Waals surface area (Å²) in [5.74, 6) is 1.11. The van der Waals surface area contributed by atoms with E-state index in [1.165, 1.54) is 0 Å². The van der Waals surface area contributed by atoms with Gasteiger partial charge >= 0.3 is 0 Å². The molecule has 132 valence electrons. The molecule has 0 aliphatic rings. The molecule has 26 heavy (non-hydrogen) atoms. The van der Waals surface area contributed by atoms with E-state index in [0.717, 1.165) is 17.1 Å². The maximum absolute atomic E-state index is 12.2. The number of rotatable bonds is 6. The van der Waals surface area contributed by atoms with Crippen molar-refractivity contribution in [3.8, 4) is 17.2 Å². The zero-order valence-corrected chi connectivity index (χ0v) is 14.5. The molecule has 1 aromatic heterocycles. The molecule has 0 bridgehead atoms. The largest absolute Gasteiger partial charge is 0.497 e. The molecule has 6 nitrogen and oxygen atoms in total. The third-order valence-corrected chi connectivity index (χ3v) is 3.83. The topological polar surface area (TPSA) is 64.8 Å². The van der Waals surface area contributed by atoms with E-state index in [1.54, 1.807) is 44.7 Å². The third-order valence-electron chi connectivity index (χ3n) is 3.83. The molecule has 0 fully saturated rings. The molecule has 1 N–H and O–H groups in total. The summed E-state index contributed by atoms with van der Waals surface area (Å²) in [6.07, 6.45) is 3.52. The Kier molecular flexibility index (Phi) is 5.34. The highest BCUT2D eigenvalue weighted by molar-refractivity contribution is 5.95. The molecule has 3 rings (SSSR count). The first-order valence-electron chi connectivity index (χ1n) is 8.00. The maximum Gasteiger partial charge on any atom is 0.271 e. The van der Waals surface area contributed by atoms with Crippen LogP contribution in [0.25, 0.3) is 5.69 Å². The highest BCUT2D eigenvalue weighted by atomic mass is 16.5. The molecular weight excluding hydrogens is 330 g/mol. The van der Waals surface area contributed by atoms with Crippen LogP contribution in [-0.2, 0) is 0 Å². The van der Waals surface area contributed by atoms with Crippen molar-refractivity contribution >= 4 is 12.1 Å². The van der Waals surface area contributed by atoms with Gasteiger partial charge in [0.05, 0.1) is 26.1 Å². The molecule has 6 heteroatoms. The van der Waals surface area contributed by atoms with E-state index < -0.39 is 0 Å². The average molecular weight is 349 g/mol. The minimum atomic E-state index is -0.303. The van der Waals surface area contributed by atoms with Gasteiger partial charge in [-0.1, -0.05) is 6.07 Å². The van der Waals surface area contributed by atoms with E-state index in [1.807, 2.05) is 47.2 Å². The Morgan fingerprint density at radius 3 is 2.50 bits per heavy atom. The van der Waals surface area contributed by atoms with Crippen LogP contribution < -0.4 is 14.9 Å². The van der Waals surface area contributed by atoms with Crippen LogP contribution in [0.1, 0.15) is 16.1 Å². The summed E-state index contributed by atoms with van der Waals surface area (Å²) in [4.78, 5) is 12.2. The number of carbonyl (C=O) groups excluding carboxylic acids is 1. The fourth-order valence-corrected chi connectivity index (χ4v) is 2.46. The lowest BCUT2D eigenvalue weighted by molar-refractivity contribution is 0.0955. The highest BCUT2D eigenvalue weighted by Crippen LogP contribution is 2.16. The van der Waals surface area contributed by atoms with Crippen molar-refractivity contribution in [2.24, 2.45) is 5.10 Å². The Labute approximate surface area is 151 Å². The number of hydrogen-bond acceptors (Lipinski definition) is 4. The molecule has 0 radical (unpaired) electrons. The summed E-state index contributed by atoms with van der Waals surface area (Å²) in [6.45, 7) is 0. The summed E-state index contributed by atoms with van der Waals surface area (Å²) >= 11 is 0. The number of nitrogens with zero attached hydrogens (tertiary/aromatic N) is 2. The highest BCUT2D eigenvalue weighted by Gasteiger charge is 2.06. The van der Waals surface area contributed by atoms with E-state index in [0.29, 0.717) is 11.3 Å². The minimum absolute atomic E-state index is 0.303. The average Bonchev–Trinajstić information content (AvgIpc) is 3.16. The lowest BCUT2D eigenvalue weighted by Gasteiger charge is -2.07. The minimum Gasteiger partial charge on any atom is -0.497 e. The number of ether oxygens (including phenoxy) is 2. The zero-order chi connectivity index (χ0) is 18.4. The van der Waals surface area contributed by atoms with Gasteiger partial charge in [0.15, 0.2) is 0 Å². The van der Waals surface area contributed by atoms with E-state index >= 15 is 0 Å². The zero-order valence-electron chi connectivity index (χ0n) is 14.5. The Morgan fingerprint density at radius 2 is 1.77 bits per heavy atom. The van der Waals surface area contributed by atoms with E-state index in [4.69, 9.17) is 9.47 Å². The van der Waals surface area contributed by atoms with Crippen LogP contribution in [-0.4, -0.2) is 30.9 Å². The summed E-state index contributed by atoms with van der Waals surface area (Å²) < 4.78 is 12.3. The Hall–Kier alpha value is -3.54. The predicted molar refractivity (Wildman–Crippen MR) is 100 cm³/mol. The molecule has 2 aromatic carbocycles. The summed E-state index contributed by atoms with van der Waals surface area (Å²) in [6, 6.07) is 18.4. The van der Waals surface area contributed by atoms with Crippen molar-refractivity contribution in [2.45, 2.75) is 0 Å². The van der Waals surface area contributed by atoms with Gasteiger partial charge < -0.3 is 14.0 Å². The molecule has 0 saturated heterocycles. The number of carbonyl (C=O) groups is 1. The standard InChI is InChI=1S/C20H19N3O3/c1-25-18-10-8-16(9-11-18)23-12-4-6-17(23)14-21-22-20(24)15-5-3-7-19(13-15)26-2/h3-14H,1-2H3,(H,22,24)/b21-14-. The maximum atomic E-state index is 12.2. The predicted octanol–water partition coefficient (Wildman–Crippen LogP) is 3.26. The van der Waals surface area contributed by atoms with Crippen LogP contribution in [0.2, 0.25) is 0 Å². The Bertz CT molecular complexity index is 914. The van der Waals surface area contributed by atoms with Gasteiger partial charge in [-0.05, 0) is 54.6 Å². The lowest BCUT2D eigenvalue weighted by Crippen LogP contribution is -2.17. The molecule has 0 saturated carbocycles. The van der Waals surface area contributed by atoms with Crippen LogP contribution in [0.4, 0.5) is 0 Å². The second-order valence-electron chi connectivity index (χ2n) is 5.43. The van der Waals surface area contributed by atoms with Gasteiger partial charge in [-0.2, -0.15) is 5.10 Å². The Balaban J connectivity index is 1.71. The van der Waals surface area contributed by atoms with Crippen LogP contribution in [0, 0.1) is 0 Å². The number of hydrogen-bond donors (Lipinski definition) is 1. The first kappa shape index (κ1) is 17.3. The van der Waals surface area contributed by atoms with Gasteiger partial charge in [-0.15, -0.1) is 0 Å². The summed E-state index contributed by atoms with van der Waals surface area (Å²) in [5, 5.41) is 4.05. The second kappa shape index (κ2) is 8.02. The molecule has 1 amide bonds. The summed E-state index contributed by atoms with van der Waals surface area (Å²) in [5.41, 5.74) is 4.81. The van der Waals surface area contributed by atoms with E-state index in [2.05, 4.69) is 10.5 Å².